The van der Waals surface area contributed by atoms with Crippen molar-refractivity contribution >= 4 is 11.7 Å². The predicted molar refractivity (Wildman–Crippen MR) is 73.2 cm³/mol. The lowest BCUT2D eigenvalue weighted by Gasteiger charge is -2.14. The van der Waals surface area contributed by atoms with E-state index < -0.39 is 5.97 Å². The summed E-state index contributed by atoms with van der Waals surface area (Å²) in [6.07, 6.45) is 0.739. The first-order chi connectivity index (χ1) is 8.47. The van der Waals surface area contributed by atoms with Crippen molar-refractivity contribution < 1.29 is 15.0 Å². The molecule has 0 aliphatic heterocycles. The van der Waals surface area contributed by atoms with E-state index in [9.17, 15) is 4.79 Å². The highest BCUT2D eigenvalue weighted by atomic mass is 16.4. The SMILES string of the molecule is CCc1cc(N(C)C)ccc1C(=O)O.NCCO. The van der Waals surface area contributed by atoms with Crippen LogP contribution in [0.3, 0.4) is 0 Å². The quantitative estimate of drug-likeness (QED) is 0.744. The fraction of sp³-hybridized carbons (Fsp3) is 0.462. The zero-order valence-corrected chi connectivity index (χ0v) is 11.2. The molecule has 0 bridgehead atoms. The Morgan fingerprint density at radius 1 is 1.39 bits per heavy atom. The summed E-state index contributed by atoms with van der Waals surface area (Å²) in [6, 6.07) is 5.41. The van der Waals surface area contributed by atoms with Crippen molar-refractivity contribution in [3.05, 3.63) is 29.3 Å². The predicted octanol–water partition coefficient (Wildman–Crippen LogP) is 0.951. The number of carboxylic acid groups (broad SMARTS) is 1. The average molecular weight is 254 g/mol. The number of anilines is 1. The van der Waals surface area contributed by atoms with Crippen molar-refractivity contribution in [3.63, 3.8) is 0 Å². The summed E-state index contributed by atoms with van der Waals surface area (Å²) in [5.74, 6) is -0.854. The summed E-state index contributed by atoms with van der Waals surface area (Å²) in [7, 11) is 3.88. The van der Waals surface area contributed by atoms with Gasteiger partial charge in [-0.1, -0.05) is 6.92 Å². The monoisotopic (exact) mass is 254 g/mol. The minimum absolute atomic E-state index is 0.0972. The van der Waals surface area contributed by atoms with Gasteiger partial charge in [0.15, 0.2) is 0 Å². The van der Waals surface area contributed by atoms with Crippen molar-refractivity contribution in [1.82, 2.24) is 0 Å². The number of rotatable bonds is 4. The Hall–Kier alpha value is -1.59. The van der Waals surface area contributed by atoms with E-state index in [0.29, 0.717) is 12.1 Å². The number of nitrogens with two attached hydrogens (primary N) is 1. The van der Waals surface area contributed by atoms with Gasteiger partial charge in [-0.15, -0.1) is 0 Å². The molecule has 0 aliphatic rings. The molecule has 18 heavy (non-hydrogen) atoms. The number of carbonyl (C=O) groups is 1. The van der Waals surface area contributed by atoms with Crippen LogP contribution in [0.25, 0.3) is 0 Å². The highest BCUT2D eigenvalue weighted by Gasteiger charge is 2.09. The first-order valence-corrected chi connectivity index (χ1v) is 5.82. The molecule has 5 nitrogen and oxygen atoms in total. The number of carboxylic acids is 1. The normalized spacial score (nSPS) is 9.39. The van der Waals surface area contributed by atoms with Crippen LogP contribution in [0.5, 0.6) is 0 Å². The molecule has 0 spiro atoms. The average Bonchev–Trinajstić information content (AvgIpc) is 2.37. The van der Waals surface area contributed by atoms with E-state index >= 15 is 0 Å². The number of benzene rings is 1. The standard InChI is InChI=1S/C11H15NO2.C2H7NO/c1-4-8-7-9(12(2)3)5-6-10(8)11(13)14;3-1-2-4/h5-7H,4H2,1-3H3,(H,13,14);4H,1-3H2. The Kier molecular flexibility index (Phi) is 7.74. The molecule has 0 saturated heterocycles. The maximum absolute atomic E-state index is 10.8. The van der Waals surface area contributed by atoms with Gasteiger partial charge in [0.2, 0.25) is 0 Å². The van der Waals surface area contributed by atoms with Crippen LogP contribution in [0, 0.1) is 0 Å². The summed E-state index contributed by atoms with van der Waals surface area (Å²) in [4.78, 5) is 12.8. The van der Waals surface area contributed by atoms with Gasteiger partial charge in [0.25, 0.3) is 0 Å². The van der Waals surface area contributed by atoms with Crippen LogP contribution in [0.2, 0.25) is 0 Å². The van der Waals surface area contributed by atoms with E-state index in [1.54, 1.807) is 6.07 Å². The summed E-state index contributed by atoms with van der Waals surface area (Å²) >= 11 is 0. The van der Waals surface area contributed by atoms with Gasteiger partial charge in [0.1, 0.15) is 0 Å². The molecule has 0 heterocycles. The van der Waals surface area contributed by atoms with Crippen molar-refractivity contribution in [2.75, 3.05) is 32.1 Å². The van der Waals surface area contributed by atoms with Crippen LogP contribution in [0.15, 0.2) is 18.2 Å². The van der Waals surface area contributed by atoms with Gasteiger partial charge >= 0.3 is 5.97 Å². The Labute approximate surface area is 108 Å². The topological polar surface area (TPSA) is 86.8 Å². The van der Waals surface area contributed by atoms with Crippen LogP contribution in [-0.4, -0.2) is 43.4 Å². The number of aliphatic hydroxyl groups is 1. The lowest BCUT2D eigenvalue weighted by Crippen LogP contribution is -2.10. The summed E-state index contributed by atoms with van der Waals surface area (Å²) in [6.45, 7) is 2.43. The molecular weight excluding hydrogens is 232 g/mol. The number of aryl methyl sites for hydroxylation is 1. The van der Waals surface area contributed by atoms with E-state index in [0.717, 1.165) is 17.7 Å². The first-order valence-electron chi connectivity index (χ1n) is 5.82. The summed E-state index contributed by atoms with van der Waals surface area (Å²) in [5, 5.41) is 16.7. The largest absolute Gasteiger partial charge is 0.478 e. The van der Waals surface area contributed by atoms with Crippen LogP contribution in [0.1, 0.15) is 22.8 Å². The summed E-state index contributed by atoms with van der Waals surface area (Å²) < 4.78 is 0. The highest BCUT2D eigenvalue weighted by molar-refractivity contribution is 5.90. The third-order valence-electron chi connectivity index (χ3n) is 2.35. The van der Waals surface area contributed by atoms with E-state index in [1.807, 2.05) is 38.1 Å². The molecule has 0 aromatic heterocycles. The molecule has 4 N–H and O–H groups in total. The van der Waals surface area contributed by atoms with Gasteiger partial charge in [-0.05, 0) is 30.2 Å². The van der Waals surface area contributed by atoms with Gasteiger partial charge in [-0.3, -0.25) is 0 Å². The molecule has 1 aromatic rings. The molecule has 0 unspecified atom stereocenters. The number of hydrogen-bond donors (Lipinski definition) is 3. The van der Waals surface area contributed by atoms with E-state index in [2.05, 4.69) is 0 Å². The van der Waals surface area contributed by atoms with Gasteiger partial charge < -0.3 is 20.8 Å². The smallest absolute Gasteiger partial charge is 0.335 e. The number of aliphatic hydroxyl groups excluding tert-OH is 1. The third kappa shape index (κ3) is 5.16. The van der Waals surface area contributed by atoms with E-state index in [4.69, 9.17) is 15.9 Å². The molecular formula is C13H22N2O3. The van der Waals surface area contributed by atoms with Crippen molar-refractivity contribution in [2.24, 2.45) is 5.73 Å². The zero-order valence-electron chi connectivity index (χ0n) is 11.2. The Bertz CT molecular complexity index is 376. The Morgan fingerprint density at radius 3 is 2.28 bits per heavy atom. The minimum atomic E-state index is -0.854. The Morgan fingerprint density at radius 2 is 1.94 bits per heavy atom. The highest BCUT2D eigenvalue weighted by Crippen LogP contribution is 2.18. The second kappa shape index (κ2) is 8.49. The lowest BCUT2D eigenvalue weighted by molar-refractivity contribution is 0.0696. The number of hydrogen-bond acceptors (Lipinski definition) is 4. The first kappa shape index (κ1) is 16.4. The summed E-state index contributed by atoms with van der Waals surface area (Å²) in [5.41, 5.74) is 7.09. The van der Waals surface area contributed by atoms with Gasteiger partial charge in [-0.2, -0.15) is 0 Å². The van der Waals surface area contributed by atoms with Gasteiger partial charge in [-0.25, -0.2) is 4.79 Å². The zero-order chi connectivity index (χ0) is 14.1. The molecule has 0 saturated carbocycles. The second-order valence-electron chi connectivity index (χ2n) is 3.91. The lowest BCUT2D eigenvalue weighted by atomic mass is 10.0. The van der Waals surface area contributed by atoms with Crippen molar-refractivity contribution in [1.29, 1.82) is 0 Å². The Balaban J connectivity index is 0.000000631. The maximum Gasteiger partial charge on any atom is 0.335 e. The molecule has 0 aliphatic carbocycles. The van der Waals surface area contributed by atoms with Crippen LogP contribution < -0.4 is 10.6 Å². The van der Waals surface area contributed by atoms with Crippen LogP contribution in [0.4, 0.5) is 5.69 Å². The van der Waals surface area contributed by atoms with Crippen molar-refractivity contribution in [3.8, 4) is 0 Å². The third-order valence-corrected chi connectivity index (χ3v) is 2.35. The number of nitrogens with zero attached hydrogens (tertiary/aromatic N) is 1. The fourth-order valence-electron chi connectivity index (χ4n) is 1.36. The van der Waals surface area contributed by atoms with Gasteiger partial charge in [0.05, 0.1) is 12.2 Å². The molecule has 0 amide bonds. The van der Waals surface area contributed by atoms with Crippen LogP contribution in [-0.2, 0) is 6.42 Å². The maximum atomic E-state index is 10.8. The minimum Gasteiger partial charge on any atom is -0.478 e. The molecule has 0 radical (unpaired) electrons. The van der Waals surface area contributed by atoms with Gasteiger partial charge in [0, 0.05) is 26.3 Å². The molecule has 0 atom stereocenters. The molecule has 5 heteroatoms. The fourth-order valence-corrected chi connectivity index (χ4v) is 1.36. The molecule has 102 valence electrons. The van der Waals surface area contributed by atoms with Crippen molar-refractivity contribution in [2.45, 2.75) is 13.3 Å². The molecule has 1 aromatic carbocycles. The van der Waals surface area contributed by atoms with Crippen LogP contribution >= 0.6 is 0 Å². The second-order valence-corrected chi connectivity index (χ2v) is 3.91. The molecule has 0 fully saturated rings. The van der Waals surface area contributed by atoms with E-state index in [-0.39, 0.29) is 6.61 Å². The number of aromatic carboxylic acids is 1. The molecule has 1 rings (SSSR count). The van der Waals surface area contributed by atoms with E-state index in [1.165, 1.54) is 0 Å².